The van der Waals surface area contributed by atoms with Crippen molar-refractivity contribution in [3.05, 3.63) is 59.5 Å². The molecule has 0 unspecified atom stereocenters. The second-order valence-corrected chi connectivity index (χ2v) is 9.41. The fourth-order valence-corrected chi connectivity index (χ4v) is 5.24. The molecule has 1 aliphatic rings. The van der Waals surface area contributed by atoms with E-state index < -0.39 is 6.10 Å². The fourth-order valence-electron chi connectivity index (χ4n) is 5.24. The molecule has 1 atom stereocenters. The van der Waals surface area contributed by atoms with E-state index in [1.807, 2.05) is 11.8 Å². The van der Waals surface area contributed by atoms with Gasteiger partial charge in [0.1, 0.15) is 5.65 Å². The molecular weight excluding hydrogens is 412 g/mol. The lowest BCUT2D eigenvalue weighted by molar-refractivity contribution is -0.134. The van der Waals surface area contributed by atoms with E-state index in [1.54, 1.807) is 6.92 Å². The van der Waals surface area contributed by atoms with Gasteiger partial charge in [-0.15, -0.1) is 0 Å². The van der Waals surface area contributed by atoms with Gasteiger partial charge in [0.15, 0.2) is 0 Å². The summed E-state index contributed by atoms with van der Waals surface area (Å²) in [5.74, 6) is 0.519. The Hall–Kier alpha value is -3.12. The predicted molar refractivity (Wildman–Crippen MR) is 131 cm³/mol. The third kappa shape index (κ3) is 4.15. The Morgan fingerprint density at radius 1 is 1.21 bits per heavy atom. The lowest BCUT2D eigenvalue weighted by Crippen LogP contribution is -2.39. The fraction of sp³-hybridized carbons (Fsp3) is 0.407. The molecule has 1 aromatic carbocycles. The number of imidazole rings is 1. The number of piperidine rings is 1. The molecule has 0 bridgehead atoms. The normalized spacial score (nSPS) is 16.1. The van der Waals surface area contributed by atoms with Gasteiger partial charge in [-0.3, -0.25) is 4.79 Å². The van der Waals surface area contributed by atoms with Crippen molar-refractivity contribution in [1.82, 2.24) is 19.3 Å². The van der Waals surface area contributed by atoms with Crippen LogP contribution in [0.5, 0.6) is 0 Å². The maximum atomic E-state index is 12.3. The maximum Gasteiger partial charge on any atom is 0.225 e. The number of fused-ring (bicyclic) bond motifs is 2. The highest BCUT2D eigenvalue weighted by molar-refractivity contribution is 5.91. The number of amides is 1. The summed E-state index contributed by atoms with van der Waals surface area (Å²) in [6.45, 7) is 7.42. The van der Waals surface area contributed by atoms with Crippen LogP contribution >= 0.6 is 0 Å². The molecule has 172 valence electrons. The van der Waals surface area contributed by atoms with Crippen molar-refractivity contribution < 1.29 is 9.90 Å². The Bertz CT molecular complexity index is 1310. The standard InChI is InChI=1S/C27H32N4O2/c1-4-22-23-14-20(19-9-11-30(12-10-19)26(33)13-18(3)32)5-7-24(23)29-27(22)21-6-8-25-28-17(2)15-31(25)16-21/h5-8,14-16,18-19,29,32H,4,9-13H2,1-3H3/t18-/m1/s1. The number of aryl methyl sites for hydroxylation is 2. The summed E-state index contributed by atoms with van der Waals surface area (Å²) in [6.07, 6.45) is 6.73. The Morgan fingerprint density at radius 2 is 2.00 bits per heavy atom. The van der Waals surface area contributed by atoms with E-state index >= 15 is 0 Å². The van der Waals surface area contributed by atoms with Gasteiger partial charge >= 0.3 is 0 Å². The summed E-state index contributed by atoms with van der Waals surface area (Å²) in [6, 6.07) is 11.0. The van der Waals surface area contributed by atoms with E-state index in [9.17, 15) is 9.90 Å². The van der Waals surface area contributed by atoms with Gasteiger partial charge in [-0.25, -0.2) is 4.98 Å². The van der Waals surface area contributed by atoms with Crippen LogP contribution in [0.1, 0.15) is 55.8 Å². The Kier molecular flexibility index (Phi) is 5.71. The molecule has 4 heterocycles. The molecule has 1 fully saturated rings. The molecule has 0 saturated carbocycles. The van der Waals surface area contributed by atoms with Crippen LogP contribution < -0.4 is 0 Å². The Morgan fingerprint density at radius 3 is 2.73 bits per heavy atom. The molecule has 4 aromatic rings. The van der Waals surface area contributed by atoms with Gasteiger partial charge in [0.2, 0.25) is 5.91 Å². The van der Waals surface area contributed by atoms with Gasteiger partial charge in [-0.05, 0) is 74.4 Å². The van der Waals surface area contributed by atoms with Crippen LogP contribution in [0.3, 0.4) is 0 Å². The molecule has 1 saturated heterocycles. The van der Waals surface area contributed by atoms with Crippen LogP contribution in [-0.2, 0) is 11.2 Å². The summed E-state index contributed by atoms with van der Waals surface area (Å²) in [5, 5.41) is 10.8. The smallest absolute Gasteiger partial charge is 0.225 e. The first kappa shape index (κ1) is 21.7. The highest BCUT2D eigenvalue weighted by atomic mass is 16.3. The van der Waals surface area contributed by atoms with Crippen molar-refractivity contribution in [2.75, 3.05) is 13.1 Å². The monoisotopic (exact) mass is 444 g/mol. The van der Waals surface area contributed by atoms with Gasteiger partial charge in [-0.1, -0.05) is 13.0 Å². The summed E-state index contributed by atoms with van der Waals surface area (Å²) < 4.78 is 2.09. The number of pyridine rings is 1. The summed E-state index contributed by atoms with van der Waals surface area (Å²) in [4.78, 5) is 22.4. The largest absolute Gasteiger partial charge is 0.393 e. The van der Waals surface area contributed by atoms with Gasteiger partial charge in [0.25, 0.3) is 0 Å². The minimum absolute atomic E-state index is 0.0625. The average molecular weight is 445 g/mol. The number of H-pyrrole nitrogens is 1. The van der Waals surface area contributed by atoms with Gasteiger partial charge in [-0.2, -0.15) is 0 Å². The third-order valence-corrected chi connectivity index (χ3v) is 6.93. The van der Waals surface area contributed by atoms with Crippen LogP contribution in [0.15, 0.2) is 42.7 Å². The van der Waals surface area contributed by atoms with Crippen LogP contribution in [0.2, 0.25) is 0 Å². The topological polar surface area (TPSA) is 73.6 Å². The molecule has 6 heteroatoms. The number of nitrogens with one attached hydrogen (secondary N) is 1. The van der Waals surface area contributed by atoms with Crippen LogP contribution in [0.25, 0.3) is 27.8 Å². The van der Waals surface area contributed by atoms with Crippen molar-refractivity contribution in [1.29, 1.82) is 0 Å². The van der Waals surface area contributed by atoms with Gasteiger partial charge in [0, 0.05) is 41.9 Å². The van der Waals surface area contributed by atoms with E-state index in [0.717, 1.165) is 49.2 Å². The van der Waals surface area contributed by atoms with Crippen molar-refractivity contribution in [3.8, 4) is 11.3 Å². The molecule has 6 nitrogen and oxygen atoms in total. The molecule has 2 N–H and O–H groups in total. The number of aromatic amines is 1. The number of hydrogen-bond acceptors (Lipinski definition) is 3. The quantitative estimate of drug-likeness (QED) is 0.463. The number of carbonyl (C=O) groups excluding carboxylic acids is 1. The number of likely N-dealkylation sites (tertiary alicyclic amines) is 1. The first-order valence-corrected chi connectivity index (χ1v) is 12.0. The number of aromatic nitrogens is 3. The first-order valence-electron chi connectivity index (χ1n) is 12.0. The maximum absolute atomic E-state index is 12.3. The van der Waals surface area contributed by atoms with Gasteiger partial charge < -0.3 is 19.4 Å². The van der Waals surface area contributed by atoms with Gasteiger partial charge in [0.05, 0.1) is 23.9 Å². The molecule has 33 heavy (non-hydrogen) atoms. The predicted octanol–water partition coefficient (Wildman–Crippen LogP) is 4.83. The molecule has 1 aliphatic heterocycles. The molecule has 0 spiro atoms. The number of benzene rings is 1. The zero-order chi connectivity index (χ0) is 23.1. The van der Waals surface area contributed by atoms with Crippen molar-refractivity contribution >= 4 is 22.5 Å². The van der Waals surface area contributed by atoms with E-state index in [-0.39, 0.29) is 12.3 Å². The molecule has 0 aliphatic carbocycles. The van der Waals surface area contributed by atoms with Crippen molar-refractivity contribution in [2.45, 2.75) is 58.5 Å². The highest BCUT2D eigenvalue weighted by Crippen LogP contribution is 2.35. The second-order valence-electron chi connectivity index (χ2n) is 9.41. The number of nitrogens with zero attached hydrogens (tertiary/aromatic N) is 3. The number of carbonyl (C=O) groups is 1. The molecule has 1 amide bonds. The minimum Gasteiger partial charge on any atom is -0.393 e. The number of hydrogen-bond donors (Lipinski definition) is 2. The molecule has 3 aromatic heterocycles. The summed E-state index contributed by atoms with van der Waals surface area (Å²) in [5.41, 5.74) is 8.18. The van der Waals surface area contributed by atoms with Crippen molar-refractivity contribution in [3.63, 3.8) is 0 Å². The lowest BCUT2D eigenvalue weighted by atomic mass is 9.88. The SMILES string of the molecule is CCc1c(-c2ccc3nc(C)cn3c2)[nH]c2ccc(C3CCN(C(=O)C[C@@H](C)O)CC3)cc12. The Labute approximate surface area is 194 Å². The average Bonchev–Trinajstić information content (AvgIpc) is 3.36. The second kappa shape index (κ2) is 8.67. The number of aliphatic hydroxyl groups excluding tert-OH is 1. The van der Waals surface area contributed by atoms with Crippen LogP contribution in [0.4, 0.5) is 0 Å². The highest BCUT2D eigenvalue weighted by Gasteiger charge is 2.25. The molecular formula is C27H32N4O2. The first-order chi connectivity index (χ1) is 15.9. The minimum atomic E-state index is -0.577. The number of aliphatic hydroxyl groups is 1. The zero-order valence-electron chi connectivity index (χ0n) is 19.6. The zero-order valence-corrected chi connectivity index (χ0v) is 19.6. The summed E-state index contributed by atoms with van der Waals surface area (Å²) >= 11 is 0. The molecule has 5 rings (SSSR count). The van der Waals surface area contributed by atoms with Crippen molar-refractivity contribution in [2.24, 2.45) is 0 Å². The lowest BCUT2D eigenvalue weighted by Gasteiger charge is -2.32. The van der Waals surface area contributed by atoms with Crippen LogP contribution in [0, 0.1) is 6.92 Å². The Balaban J connectivity index is 1.42. The number of rotatable bonds is 5. The van der Waals surface area contributed by atoms with E-state index in [2.05, 4.69) is 64.0 Å². The van der Waals surface area contributed by atoms with E-state index in [1.165, 1.54) is 27.8 Å². The third-order valence-electron chi connectivity index (χ3n) is 6.93. The van der Waals surface area contributed by atoms with E-state index in [0.29, 0.717) is 5.92 Å². The van der Waals surface area contributed by atoms with E-state index in [4.69, 9.17) is 0 Å². The van der Waals surface area contributed by atoms with Crippen LogP contribution in [-0.4, -0.2) is 49.5 Å². The molecule has 0 radical (unpaired) electrons. The summed E-state index contributed by atoms with van der Waals surface area (Å²) in [7, 11) is 0.